The van der Waals surface area contributed by atoms with E-state index in [0.717, 1.165) is 27.2 Å². The number of carbonyl (C=O) groups is 1. The first-order chi connectivity index (χ1) is 9.13. The fraction of sp³-hybridized carbons (Fsp3) is 0.133. The Bertz CT molecular complexity index is 777. The zero-order valence-corrected chi connectivity index (χ0v) is 11.5. The van der Waals surface area contributed by atoms with E-state index in [1.54, 1.807) is 13.1 Å². The van der Waals surface area contributed by atoms with Crippen LogP contribution in [0.15, 0.2) is 36.5 Å². The lowest BCUT2D eigenvalue weighted by Crippen LogP contribution is -1.84. The topological polar surface area (TPSA) is 42.9 Å². The van der Waals surface area contributed by atoms with Gasteiger partial charge in [0.05, 0.1) is 10.4 Å². The van der Waals surface area contributed by atoms with Crippen molar-refractivity contribution in [1.29, 1.82) is 0 Å². The first kappa shape index (κ1) is 12.0. The Labute approximate surface area is 115 Å². The summed E-state index contributed by atoms with van der Waals surface area (Å²) in [6.07, 6.45) is 1.64. The van der Waals surface area contributed by atoms with Gasteiger partial charge in [-0.3, -0.25) is 9.78 Å². The first-order valence-electron chi connectivity index (χ1n) is 5.98. The molecule has 0 amide bonds. The first-order valence-corrected chi connectivity index (χ1v) is 6.80. The maximum Gasteiger partial charge on any atom is 0.171 e. The van der Waals surface area contributed by atoms with Gasteiger partial charge >= 0.3 is 0 Å². The monoisotopic (exact) mass is 268 g/mol. The average molecular weight is 268 g/mol. The lowest BCUT2D eigenvalue weighted by Gasteiger charge is -2.01. The fourth-order valence-corrected chi connectivity index (χ4v) is 2.74. The van der Waals surface area contributed by atoms with Gasteiger partial charge in [0, 0.05) is 29.8 Å². The molecular formula is C15H12N2OS. The van der Waals surface area contributed by atoms with Crippen LogP contribution >= 0.6 is 11.3 Å². The van der Waals surface area contributed by atoms with Crippen LogP contribution in [0.3, 0.4) is 0 Å². The Kier molecular flexibility index (Phi) is 2.87. The lowest BCUT2D eigenvalue weighted by atomic mass is 10.1. The highest BCUT2D eigenvalue weighted by Gasteiger charge is 2.08. The van der Waals surface area contributed by atoms with Crippen molar-refractivity contribution < 1.29 is 4.79 Å². The van der Waals surface area contributed by atoms with E-state index in [0.29, 0.717) is 4.88 Å². The lowest BCUT2D eigenvalue weighted by molar-refractivity contribution is 0.102. The summed E-state index contributed by atoms with van der Waals surface area (Å²) in [6, 6.07) is 10.1. The van der Waals surface area contributed by atoms with E-state index in [1.165, 1.54) is 11.3 Å². The van der Waals surface area contributed by atoms with Crippen molar-refractivity contribution >= 4 is 28.0 Å². The SMILES string of the molecule is CC(=O)c1cnc(-c2ccc3nc(C)ccc3c2)s1. The summed E-state index contributed by atoms with van der Waals surface area (Å²) in [7, 11) is 0. The zero-order chi connectivity index (χ0) is 13.4. The van der Waals surface area contributed by atoms with Crippen LogP contribution in [0.5, 0.6) is 0 Å². The highest BCUT2D eigenvalue weighted by molar-refractivity contribution is 7.16. The molecule has 94 valence electrons. The van der Waals surface area contributed by atoms with Crippen molar-refractivity contribution in [2.24, 2.45) is 0 Å². The van der Waals surface area contributed by atoms with Gasteiger partial charge in [0.25, 0.3) is 0 Å². The van der Waals surface area contributed by atoms with E-state index in [1.807, 2.05) is 25.1 Å². The highest BCUT2D eigenvalue weighted by Crippen LogP contribution is 2.27. The smallest absolute Gasteiger partial charge is 0.171 e. The van der Waals surface area contributed by atoms with Gasteiger partial charge in [-0.2, -0.15) is 0 Å². The van der Waals surface area contributed by atoms with Crippen LogP contribution in [0.2, 0.25) is 0 Å². The molecule has 1 aromatic carbocycles. The van der Waals surface area contributed by atoms with Crippen LogP contribution in [0.25, 0.3) is 21.5 Å². The van der Waals surface area contributed by atoms with Gasteiger partial charge in [0.1, 0.15) is 5.01 Å². The van der Waals surface area contributed by atoms with E-state index < -0.39 is 0 Å². The number of thiazole rings is 1. The molecule has 3 nitrogen and oxygen atoms in total. The number of fused-ring (bicyclic) bond motifs is 1. The molecule has 0 saturated heterocycles. The number of hydrogen-bond donors (Lipinski definition) is 0. The number of ketones is 1. The van der Waals surface area contributed by atoms with Crippen LogP contribution in [0.4, 0.5) is 0 Å². The van der Waals surface area contributed by atoms with Crippen LogP contribution in [0.1, 0.15) is 22.3 Å². The number of aromatic nitrogens is 2. The van der Waals surface area contributed by atoms with E-state index in [-0.39, 0.29) is 5.78 Å². The fourth-order valence-electron chi connectivity index (χ4n) is 1.93. The maximum absolute atomic E-state index is 11.3. The molecule has 3 rings (SSSR count). The molecule has 19 heavy (non-hydrogen) atoms. The Hall–Kier alpha value is -2.07. The summed E-state index contributed by atoms with van der Waals surface area (Å²) in [5.41, 5.74) is 3.01. The summed E-state index contributed by atoms with van der Waals surface area (Å²) >= 11 is 1.42. The van der Waals surface area contributed by atoms with Crippen molar-refractivity contribution in [2.75, 3.05) is 0 Å². The molecule has 0 aliphatic rings. The van der Waals surface area contributed by atoms with Crippen LogP contribution in [-0.2, 0) is 0 Å². The quantitative estimate of drug-likeness (QED) is 0.663. The molecule has 4 heteroatoms. The molecule has 0 spiro atoms. The molecule has 0 fully saturated rings. The molecule has 0 atom stereocenters. The third kappa shape index (κ3) is 2.27. The minimum atomic E-state index is 0.0573. The molecule has 2 aromatic heterocycles. The van der Waals surface area contributed by atoms with Crippen LogP contribution in [-0.4, -0.2) is 15.8 Å². The van der Waals surface area contributed by atoms with Gasteiger partial charge in [-0.25, -0.2) is 4.98 Å². The van der Waals surface area contributed by atoms with Crippen molar-refractivity contribution in [2.45, 2.75) is 13.8 Å². The number of rotatable bonds is 2. The molecule has 0 N–H and O–H groups in total. The van der Waals surface area contributed by atoms with Crippen LogP contribution in [0, 0.1) is 6.92 Å². The minimum absolute atomic E-state index is 0.0573. The number of hydrogen-bond acceptors (Lipinski definition) is 4. The number of aryl methyl sites for hydroxylation is 1. The number of nitrogens with zero attached hydrogens (tertiary/aromatic N) is 2. The molecular weight excluding hydrogens is 256 g/mol. The third-order valence-electron chi connectivity index (χ3n) is 2.93. The molecule has 3 aromatic rings. The second-order valence-corrected chi connectivity index (χ2v) is 5.48. The molecule has 0 aliphatic heterocycles. The second kappa shape index (κ2) is 4.55. The van der Waals surface area contributed by atoms with Crippen molar-refractivity contribution in [1.82, 2.24) is 9.97 Å². The second-order valence-electron chi connectivity index (χ2n) is 4.45. The number of Topliss-reactive ketones (excluding diaryl/α,β-unsaturated/α-hetero) is 1. The normalized spacial score (nSPS) is 10.8. The van der Waals surface area contributed by atoms with E-state index in [9.17, 15) is 4.79 Å². The van der Waals surface area contributed by atoms with E-state index in [2.05, 4.69) is 22.1 Å². The number of pyridine rings is 1. The standard InChI is InChI=1S/C15H12N2OS/c1-9-3-4-11-7-12(5-6-13(11)17-9)15-16-8-14(19-15)10(2)18/h3-8H,1-2H3. The summed E-state index contributed by atoms with van der Waals surface area (Å²) in [5, 5.41) is 1.95. The van der Waals surface area contributed by atoms with Crippen molar-refractivity contribution in [3.8, 4) is 10.6 Å². The molecule has 0 saturated carbocycles. The van der Waals surface area contributed by atoms with Gasteiger partial charge in [-0.05, 0) is 31.2 Å². The van der Waals surface area contributed by atoms with E-state index >= 15 is 0 Å². The summed E-state index contributed by atoms with van der Waals surface area (Å²) in [5.74, 6) is 0.0573. The molecule has 0 bridgehead atoms. The largest absolute Gasteiger partial charge is 0.294 e. The average Bonchev–Trinajstić information content (AvgIpc) is 2.88. The maximum atomic E-state index is 11.3. The Balaban J connectivity index is 2.09. The molecule has 0 unspecified atom stereocenters. The van der Waals surface area contributed by atoms with E-state index in [4.69, 9.17) is 0 Å². The van der Waals surface area contributed by atoms with Gasteiger partial charge in [0.15, 0.2) is 5.78 Å². The predicted molar refractivity (Wildman–Crippen MR) is 77.6 cm³/mol. The van der Waals surface area contributed by atoms with Gasteiger partial charge in [-0.15, -0.1) is 11.3 Å². The Morgan fingerprint density at radius 1 is 1.21 bits per heavy atom. The zero-order valence-electron chi connectivity index (χ0n) is 10.7. The molecule has 2 heterocycles. The van der Waals surface area contributed by atoms with Crippen LogP contribution < -0.4 is 0 Å². The summed E-state index contributed by atoms with van der Waals surface area (Å²) in [6.45, 7) is 3.54. The molecule has 0 aliphatic carbocycles. The van der Waals surface area contributed by atoms with Gasteiger partial charge in [-0.1, -0.05) is 6.07 Å². The minimum Gasteiger partial charge on any atom is -0.294 e. The summed E-state index contributed by atoms with van der Waals surface area (Å²) in [4.78, 5) is 20.8. The highest BCUT2D eigenvalue weighted by atomic mass is 32.1. The predicted octanol–water partition coefficient (Wildman–Crippen LogP) is 3.87. The third-order valence-corrected chi connectivity index (χ3v) is 4.08. The Morgan fingerprint density at radius 2 is 2.05 bits per heavy atom. The Morgan fingerprint density at radius 3 is 2.79 bits per heavy atom. The van der Waals surface area contributed by atoms with Gasteiger partial charge < -0.3 is 0 Å². The van der Waals surface area contributed by atoms with Gasteiger partial charge in [0.2, 0.25) is 0 Å². The molecule has 0 radical (unpaired) electrons. The van der Waals surface area contributed by atoms with Crippen molar-refractivity contribution in [3.05, 3.63) is 47.1 Å². The van der Waals surface area contributed by atoms with Crippen molar-refractivity contribution in [3.63, 3.8) is 0 Å². The number of carbonyl (C=O) groups excluding carboxylic acids is 1. The number of benzene rings is 1. The summed E-state index contributed by atoms with van der Waals surface area (Å²) < 4.78 is 0.